The predicted molar refractivity (Wildman–Crippen MR) is 376 cm³/mol. The Labute approximate surface area is 501 Å². The Morgan fingerprint density at radius 1 is 0.446 bits per heavy atom. The molecule has 7 aromatic rings. The smallest absolute Gasteiger partial charge is 0.0462 e. The molecule has 0 heterocycles. The number of anilines is 5. The molecule has 424 valence electrons. The quantitative estimate of drug-likeness (QED) is 0.0625. The summed E-state index contributed by atoms with van der Waals surface area (Å²) in [6, 6.07) is 63.9. The van der Waals surface area contributed by atoms with Crippen molar-refractivity contribution in [1.82, 2.24) is 0 Å². The Morgan fingerprint density at radius 2 is 0.892 bits per heavy atom. The number of unbranched alkanes of at least 4 members (excludes halogenated alkanes) is 1. The molecule has 0 spiro atoms. The molecule has 3 nitrogen and oxygen atoms in total. The zero-order valence-corrected chi connectivity index (χ0v) is 50.6. The molecule has 7 aromatic carbocycles. The molecule has 83 heavy (non-hydrogen) atoms. The second kappa shape index (κ2) is 43.1. The SMILES string of the molecule is C=C/C=C\C=C/c1ccc(-c2ccc(N(c3ccccc3)c3ccc(C(/C=C\C(C=C)=C\C=C)=C/CCC)cc3)cc2)cc1.CC.CC.CNc1ccc(-c2ccc(\C=C/C=C\C=C\Nc3ccccc3)cc2)cc1.C\C=C/C=C\C=C\C. The first-order valence-electron chi connectivity index (χ1n) is 29.0. The molecule has 0 radical (unpaired) electrons. The number of benzene rings is 7. The highest BCUT2D eigenvalue weighted by Gasteiger charge is 2.13. The van der Waals surface area contributed by atoms with Crippen molar-refractivity contribution in [1.29, 1.82) is 0 Å². The number of hydrogen-bond donors (Lipinski definition) is 2. The maximum absolute atomic E-state index is 3.92. The van der Waals surface area contributed by atoms with Crippen molar-refractivity contribution in [2.75, 3.05) is 22.6 Å². The van der Waals surface area contributed by atoms with Crippen LogP contribution in [-0.4, -0.2) is 7.05 Å². The van der Waals surface area contributed by atoms with Crippen molar-refractivity contribution in [2.24, 2.45) is 0 Å². The van der Waals surface area contributed by atoms with Crippen molar-refractivity contribution in [3.8, 4) is 22.3 Å². The van der Waals surface area contributed by atoms with E-state index in [1.54, 1.807) is 12.2 Å². The third-order valence-corrected chi connectivity index (χ3v) is 12.0. The fourth-order valence-corrected chi connectivity index (χ4v) is 7.82. The lowest BCUT2D eigenvalue weighted by Gasteiger charge is -2.26. The minimum atomic E-state index is 1.02. The van der Waals surface area contributed by atoms with E-state index in [-0.39, 0.29) is 0 Å². The fourth-order valence-electron chi connectivity index (χ4n) is 7.82. The molecular weight excluding hydrogens is 1000 g/mol. The van der Waals surface area contributed by atoms with Crippen molar-refractivity contribution >= 4 is 46.2 Å². The summed E-state index contributed by atoms with van der Waals surface area (Å²) in [5.74, 6) is 0. The number of nitrogens with zero attached hydrogens (tertiary/aromatic N) is 1. The number of para-hydroxylation sites is 2. The number of rotatable bonds is 23. The van der Waals surface area contributed by atoms with E-state index in [0.29, 0.717) is 0 Å². The maximum atomic E-state index is 3.92. The molecule has 0 aliphatic heterocycles. The zero-order chi connectivity index (χ0) is 60.0. The Bertz CT molecular complexity index is 3210. The van der Waals surface area contributed by atoms with Crippen LogP contribution in [0, 0.1) is 0 Å². The normalized spacial score (nSPS) is 11.6. The predicted octanol–water partition coefficient (Wildman–Crippen LogP) is 24.0. The van der Waals surface area contributed by atoms with Gasteiger partial charge in [0.15, 0.2) is 0 Å². The van der Waals surface area contributed by atoms with Gasteiger partial charge in [0.1, 0.15) is 0 Å². The van der Waals surface area contributed by atoms with Crippen molar-refractivity contribution in [3.63, 3.8) is 0 Å². The monoisotopic (exact) mass is 1090 g/mol. The first-order valence-corrected chi connectivity index (χ1v) is 29.0. The molecule has 0 saturated carbocycles. The van der Waals surface area contributed by atoms with Crippen LogP contribution in [0.3, 0.4) is 0 Å². The van der Waals surface area contributed by atoms with E-state index < -0.39 is 0 Å². The van der Waals surface area contributed by atoms with Crippen LogP contribution >= 0.6 is 0 Å². The van der Waals surface area contributed by atoms with Gasteiger partial charge in [-0.1, -0.05) is 310 Å². The number of allylic oxidation sites excluding steroid dienone is 22. The van der Waals surface area contributed by atoms with E-state index in [1.807, 2.05) is 176 Å². The van der Waals surface area contributed by atoms with E-state index in [1.165, 1.54) is 39.0 Å². The lowest BCUT2D eigenvalue weighted by Crippen LogP contribution is -2.09. The minimum Gasteiger partial charge on any atom is -0.388 e. The molecule has 0 amide bonds. The van der Waals surface area contributed by atoms with E-state index in [4.69, 9.17) is 0 Å². The van der Waals surface area contributed by atoms with Gasteiger partial charge in [0.25, 0.3) is 0 Å². The van der Waals surface area contributed by atoms with Gasteiger partial charge in [-0.25, -0.2) is 0 Å². The standard InChI is InChI=1S/C43H41N.C25H24N2.C8H12.2C2H6/c1-5-9-11-13-17-36-22-25-38(26-23-36)40-29-33-43(34-30-40)44(41-19-14-12-15-20-41)42-31-27-39(28-32-42)37(18-10-6-2)24-21-35(8-4)16-7-3;1-26-24-18-16-23(17-19-24)22-14-12-21(13-15-22)9-5-2-3-8-20-27-25-10-6-4-7-11-25;1-3-5-7-8-6-4-2;2*1-2/h5,7-9,11-34H,1,3-4,6,10H2,2H3;2-20,26-27H,1H3;3-8H,1-2H3;2*1-2H3/b11-9-,17-13-,24-21-,35-16+,37-18+;3-2-,9-5-,20-8+;5-3-,6-4+,8-7-;;. The average molecular weight is 1090 g/mol. The van der Waals surface area contributed by atoms with Gasteiger partial charge in [-0.15, -0.1) is 0 Å². The highest BCUT2D eigenvalue weighted by Crippen LogP contribution is 2.36. The summed E-state index contributed by atoms with van der Waals surface area (Å²) in [6.45, 7) is 25.6. The molecule has 3 heteroatoms. The maximum Gasteiger partial charge on any atom is 0.0462 e. The molecule has 0 aliphatic rings. The van der Waals surface area contributed by atoms with Crippen LogP contribution in [0.2, 0.25) is 0 Å². The molecule has 0 saturated heterocycles. The van der Waals surface area contributed by atoms with Crippen molar-refractivity contribution in [2.45, 2.75) is 61.3 Å². The van der Waals surface area contributed by atoms with Crippen LogP contribution in [0.1, 0.15) is 78.0 Å². The van der Waals surface area contributed by atoms with Crippen molar-refractivity contribution < 1.29 is 0 Å². The highest BCUT2D eigenvalue weighted by atomic mass is 15.1. The highest BCUT2D eigenvalue weighted by molar-refractivity contribution is 5.81. The molecule has 7 rings (SSSR count). The van der Waals surface area contributed by atoms with Gasteiger partial charge in [0.05, 0.1) is 0 Å². The molecule has 0 fully saturated rings. The molecular formula is C80H89N3. The van der Waals surface area contributed by atoms with Crippen LogP contribution in [0.15, 0.2) is 335 Å². The van der Waals surface area contributed by atoms with Gasteiger partial charge in [-0.05, 0) is 137 Å². The Hall–Kier alpha value is -9.70. The van der Waals surface area contributed by atoms with Gasteiger partial charge in [-0.2, -0.15) is 0 Å². The van der Waals surface area contributed by atoms with Gasteiger partial charge in [0.2, 0.25) is 0 Å². The summed E-state index contributed by atoms with van der Waals surface area (Å²) >= 11 is 0. The summed E-state index contributed by atoms with van der Waals surface area (Å²) < 4.78 is 0. The molecule has 0 bridgehead atoms. The topological polar surface area (TPSA) is 27.3 Å². The van der Waals surface area contributed by atoms with Gasteiger partial charge in [-0.3, -0.25) is 0 Å². The summed E-state index contributed by atoms with van der Waals surface area (Å²) in [7, 11) is 1.93. The molecule has 0 aromatic heterocycles. The lowest BCUT2D eigenvalue weighted by molar-refractivity contribution is 0.960. The largest absolute Gasteiger partial charge is 0.388 e. The fraction of sp³-hybridized carbons (Fsp3) is 0.125. The second-order valence-corrected chi connectivity index (χ2v) is 17.8. The minimum absolute atomic E-state index is 1.02. The lowest BCUT2D eigenvalue weighted by atomic mass is 10.0. The van der Waals surface area contributed by atoms with E-state index >= 15 is 0 Å². The Kier molecular flexibility index (Phi) is 35.1. The van der Waals surface area contributed by atoms with Gasteiger partial charge >= 0.3 is 0 Å². The zero-order valence-electron chi connectivity index (χ0n) is 50.6. The molecule has 0 aliphatic carbocycles. The van der Waals surface area contributed by atoms with Gasteiger partial charge < -0.3 is 15.5 Å². The summed E-state index contributed by atoms with van der Waals surface area (Å²) in [6.07, 6.45) is 48.1. The van der Waals surface area contributed by atoms with Gasteiger partial charge in [0, 0.05) is 41.7 Å². The summed E-state index contributed by atoms with van der Waals surface area (Å²) in [5, 5.41) is 6.36. The average Bonchev–Trinajstić information content (AvgIpc) is 3.61. The summed E-state index contributed by atoms with van der Waals surface area (Å²) in [5.41, 5.74) is 16.1. The Morgan fingerprint density at radius 3 is 1.36 bits per heavy atom. The molecule has 0 unspecified atom stereocenters. The van der Waals surface area contributed by atoms with Crippen LogP contribution in [0.5, 0.6) is 0 Å². The van der Waals surface area contributed by atoms with Crippen LogP contribution in [0.4, 0.5) is 28.4 Å². The number of hydrogen-bond acceptors (Lipinski definition) is 3. The first-order chi connectivity index (χ1) is 40.9. The molecule has 2 N–H and O–H groups in total. The van der Waals surface area contributed by atoms with Crippen LogP contribution in [0.25, 0.3) is 40.0 Å². The molecule has 0 atom stereocenters. The Balaban J connectivity index is 0.000000391. The third kappa shape index (κ3) is 26.0. The summed E-state index contributed by atoms with van der Waals surface area (Å²) in [4.78, 5) is 2.30. The van der Waals surface area contributed by atoms with E-state index in [2.05, 4.69) is 224 Å². The van der Waals surface area contributed by atoms with E-state index in [9.17, 15) is 0 Å². The van der Waals surface area contributed by atoms with Crippen LogP contribution < -0.4 is 15.5 Å². The van der Waals surface area contributed by atoms with E-state index in [0.717, 1.165) is 52.4 Å². The second-order valence-electron chi connectivity index (χ2n) is 17.8. The van der Waals surface area contributed by atoms with Crippen molar-refractivity contribution in [3.05, 3.63) is 352 Å². The third-order valence-electron chi connectivity index (χ3n) is 12.0. The van der Waals surface area contributed by atoms with Crippen LogP contribution in [-0.2, 0) is 0 Å². The number of nitrogens with one attached hydrogen (secondary N) is 2. The first kappa shape index (κ1) is 67.6.